The van der Waals surface area contributed by atoms with Gasteiger partial charge in [0.25, 0.3) is 5.56 Å². The standard InChI is InChI=1S/C21H29N3O6S/c1-5-24(6-2)31(27,28)18-9-10-21(26)23(14-18)15-20(25)22-12-11-16-7-8-17(29-3)13-19(16)30-4/h7-10,13-14H,5-6,11-12,15H2,1-4H3,(H,22,25). The first-order chi connectivity index (χ1) is 14.8. The molecule has 0 saturated heterocycles. The number of carbonyl (C=O) groups excluding carboxylic acids is 1. The summed E-state index contributed by atoms with van der Waals surface area (Å²) in [6.07, 6.45) is 1.73. The molecule has 0 spiro atoms. The molecule has 1 amide bonds. The molecular weight excluding hydrogens is 422 g/mol. The highest BCUT2D eigenvalue weighted by Crippen LogP contribution is 2.24. The molecule has 0 saturated carbocycles. The molecule has 2 rings (SSSR count). The van der Waals surface area contributed by atoms with Crippen LogP contribution in [0.4, 0.5) is 0 Å². The number of hydrogen-bond acceptors (Lipinski definition) is 6. The molecule has 170 valence electrons. The quantitative estimate of drug-likeness (QED) is 0.551. The lowest BCUT2D eigenvalue weighted by molar-refractivity contribution is -0.121. The Kier molecular flexibility index (Phi) is 8.64. The number of nitrogens with zero attached hydrogens (tertiary/aromatic N) is 2. The van der Waals surface area contributed by atoms with E-state index in [0.717, 1.165) is 16.2 Å². The van der Waals surface area contributed by atoms with Gasteiger partial charge < -0.3 is 19.4 Å². The van der Waals surface area contributed by atoms with Gasteiger partial charge in [-0.05, 0) is 24.1 Å². The van der Waals surface area contributed by atoms with Crippen molar-refractivity contribution in [2.45, 2.75) is 31.7 Å². The zero-order valence-corrected chi connectivity index (χ0v) is 19.1. The van der Waals surface area contributed by atoms with Crippen molar-refractivity contribution >= 4 is 15.9 Å². The number of benzene rings is 1. The van der Waals surface area contributed by atoms with Crippen LogP contribution in [0.2, 0.25) is 0 Å². The fourth-order valence-corrected chi connectivity index (χ4v) is 4.58. The summed E-state index contributed by atoms with van der Waals surface area (Å²) in [5.74, 6) is 0.926. The van der Waals surface area contributed by atoms with Gasteiger partial charge in [-0.3, -0.25) is 9.59 Å². The van der Waals surface area contributed by atoms with Gasteiger partial charge in [0.1, 0.15) is 18.0 Å². The molecule has 0 aliphatic rings. The van der Waals surface area contributed by atoms with Gasteiger partial charge in [0.05, 0.1) is 19.1 Å². The lowest BCUT2D eigenvalue weighted by Gasteiger charge is -2.19. The number of rotatable bonds is 11. The zero-order chi connectivity index (χ0) is 23.0. The van der Waals surface area contributed by atoms with Crippen molar-refractivity contribution < 1.29 is 22.7 Å². The van der Waals surface area contributed by atoms with Crippen molar-refractivity contribution in [2.75, 3.05) is 33.9 Å². The molecule has 31 heavy (non-hydrogen) atoms. The Bertz CT molecular complexity index is 1060. The smallest absolute Gasteiger partial charge is 0.251 e. The van der Waals surface area contributed by atoms with Crippen LogP contribution < -0.4 is 20.3 Å². The number of pyridine rings is 1. The molecule has 0 atom stereocenters. The molecule has 0 radical (unpaired) electrons. The first-order valence-electron chi connectivity index (χ1n) is 9.95. The summed E-state index contributed by atoms with van der Waals surface area (Å²) in [5.41, 5.74) is 0.443. The van der Waals surface area contributed by atoms with Crippen LogP contribution in [0, 0.1) is 0 Å². The molecule has 1 aromatic carbocycles. The van der Waals surface area contributed by atoms with E-state index >= 15 is 0 Å². The summed E-state index contributed by atoms with van der Waals surface area (Å²) >= 11 is 0. The van der Waals surface area contributed by atoms with Crippen molar-refractivity contribution in [3.63, 3.8) is 0 Å². The van der Waals surface area contributed by atoms with E-state index in [4.69, 9.17) is 9.47 Å². The highest BCUT2D eigenvalue weighted by atomic mass is 32.2. The van der Waals surface area contributed by atoms with Crippen LogP contribution in [0.1, 0.15) is 19.4 Å². The van der Waals surface area contributed by atoms with E-state index in [1.165, 1.54) is 16.6 Å². The molecule has 1 heterocycles. The van der Waals surface area contributed by atoms with Crippen molar-refractivity contribution in [1.82, 2.24) is 14.2 Å². The maximum atomic E-state index is 12.7. The van der Waals surface area contributed by atoms with E-state index in [-0.39, 0.29) is 11.4 Å². The Morgan fingerprint density at radius 1 is 1.10 bits per heavy atom. The number of aromatic nitrogens is 1. The summed E-state index contributed by atoms with van der Waals surface area (Å²) < 4.78 is 38.2. The van der Waals surface area contributed by atoms with Gasteiger partial charge in [-0.2, -0.15) is 4.31 Å². The summed E-state index contributed by atoms with van der Waals surface area (Å²) in [7, 11) is -0.599. The third kappa shape index (κ3) is 6.08. The first-order valence-corrected chi connectivity index (χ1v) is 11.4. The SMILES string of the molecule is CCN(CC)S(=O)(=O)c1ccc(=O)n(CC(=O)NCCc2ccc(OC)cc2OC)c1. The Hall–Kier alpha value is -2.85. The van der Waals surface area contributed by atoms with Crippen molar-refractivity contribution in [1.29, 1.82) is 0 Å². The molecule has 0 bridgehead atoms. The Morgan fingerprint density at radius 2 is 1.81 bits per heavy atom. The number of amides is 1. The van der Waals surface area contributed by atoms with Gasteiger partial charge in [-0.1, -0.05) is 19.9 Å². The van der Waals surface area contributed by atoms with Crippen LogP contribution in [-0.2, 0) is 27.8 Å². The number of methoxy groups -OCH3 is 2. The van der Waals surface area contributed by atoms with Crippen molar-refractivity contribution in [3.8, 4) is 11.5 Å². The molecule has 0 aliphatic heterocycles. The van der Waals surface area contributed by atoms with Crippen LogP contribution in [0.3, 0.4) is 0 Å². The highest BCUT2D eigenvalue weighted by Gasteiger charge is 2.22. The van der Waals surface area contributed by atoms with Gasteiger partial charge >= 0.3 is 0 Å². The van der Waals surface area contributed by atoms with Gasteiger partial charge in [-0.15, -0.1) is 0 Å². The van der Waals surface area contributed by atoms with E-state index in [9.17, 15) is 18.0 Å². The molecule has 1 aromatic heterocycles. The van der Waals surface area contributed by atoms with Gasteiger partial charge in [0.15, 0.2) is 0 Å². The second-order valence-electron chi connectivity index (χ2n) is 6.70. The van der Waals surface area contributed by atoms with E-state index in [1.54, 1.807) is 40.2 Å². The average Bonchev–Trinajstić information content (AvgIpc) is 2.75. The van der Waals surface area contributed by atoms with Crippen LogP contribution in [0.5, 0.6) is 11.5 Å². The average molecular weight is 452 g/mol. The molecular formula is C21H29N3O6S. The second-order valence-corrected chi connectivity index (χ2v) is 8.64. The van der Waals surface area contributed by atoms with Gasteiger partial charge in [-0.25, -0.2) is 8.42 Å². The fourth-order valence-electron chi connectivity index (χ4n) is 3.10. The van der Waals surface area contributed by atoms with Gasteiger partial charge in [0, 0.05) is 38.0 Å². The third-order valence-corrected chi connectivity index (χ3v) is 6.86. The van der Waals surface area contributed by atoms with Crippen LogP contribution >= 0.6 is 0 Å². The molecule has 0 fully saturated rings. The number of hydrogen-bond donors (Lipinski definition) is 1. The Morgan fingerprint density at radius 3 is 2.42 bits per heavy atom. The lowest BCUT2D eigenvalue weighted by atomic mass is 10.1. The normalized spacial score (nSPS) is 11.4. The molecule has 2 aromatic rings. The predicted molar refractivity (Wildman–Crippen MR) is 117 cm³/mol. The third-order valence-electron chi connectivity index (χ3n) is 4.82. The van der Waals surface area contributed by atoms with Crippen molar-refractivity contribution in [2.24, 2.45) is 0 Å². The van der Waals surface area contributed by atoms with E-state index in [2.05, 4.69) is 5.32 Å². The van der Waals surface area contributed by atoms with Crippen molar-refractivity contribution in [3.05, 3.63) is 52.4 Å². The number of carbonyl (C=O) groups is 1. The molecule has 0 unspecified atom stereocenters. The summed E-state index contributed by atoms with van der Waals surface area (Å²) in [4.78, 5) is 24.4. The summed E-state index contributed by atoms with van der Waals surface area (Å²) in [6, 6.07) is 7.85. The van der Waals surface area contributed by atoms with Crippen LogP contribution in [-0.4, -0.2) is 57.1 Å². The van der Waals surface area contributed by atoms with Gasteiger partial charge in [0.2, 0.25) is 15.9 Å². The van der Waals surface area contributed by atoms with Crippen LogP contribution in [0.25, 0.3) is 0 Å². The van der Waals surface area contributed by atoms with E-state index < -0.39 is 21.5 Å². The molecule has 10 heteroatoms. The Balaban J connectivity index is 2.05. The fraction of sp³-hybridized carbons (Fsp3) is 0.429. The summed E-state index contributed by atoms with van der Waals surface area (Å²) in [5, 5.41) is 2.74. The minimum Gasteiger partial charge on any atom is -0.497 e. The minimum atomic E-state index is -3.72. The zero-order valence-electron chi connectivity index (χ0n) is 18.3. The maximum absolute atomic E-state index is 12.7. The van der Waals surface area contributed by atoms with E-state index in [0.29, 0.717) is 37.6 Å². The Labute approximate surface area is 182 Å². The number of nitrogens with one attached hydrogen (secondary N) is 1. The number of ether oxygens (including phenoxy) is 2. The predicted octanol–water partition coefficient (Wildman–Crippen LogP) is 1.25. The highest BCUT2D eigenvalue weighted by molar-refractivity contribution is 7.89. The minimum absolute atomic E-state index is 0.0217. The molecule has 9 nitrogen and oxygen atoms in total. The van der Waals surface area contributed by atoms with Crippen LogP contribution in [0.15, 0.2) is 46.2 Å². The maximum Gasteiger partial charge on any atom is 0.251 e. The van der Waals surface area contributed by atoms with E-state index in [1.807, 2.05) is 6.07 Å². The monoisotopic (exact) mass is 451 g/mol. The molecule has 1 N–H and O–H groups in total. The molecule has 0 aliphatic carbocycles. The first kappa shape index (κ1) is 24.4. The summed E-state index contributed by atoms with van der Waals surface area (Å²) in [6.45, 7) is 4.15. The topological polar surface area (TPSA) is 107 Å². The number of sulfonamides is 1. The largest absolute Gasteiger partial charge is 0.497 e. The lowest BCUT2D eigenvalue weighted by Crippen LogP contribution is -2.35. The second kappa shape index (κ2) is 11.0.